The van der Waals surface area contributed by atoms with E-state index in [1.165, 1.54) is 0 Å². The molecule has 118 valence electrons. The molecule has 3 N–H and O–H groups in total. The summed E-state index contributed by atoms with van der Waals surface area (Å²) >= 11 is 0. The number of rotatable bonds is 8. The quantitative estimate of drug-likeness (QED) is 0.760. The molecule has 0 aliphatic carbocycles. The van der Waals surface area contributed by atoms with E-state index in [-0.39, 0.29) is 25.6 Å². The Balaban J connectivity index is 2.99. The van der Waals surface area contributed by atoms with E-state index in [0.717, 1.165) is 11.3 Å². The standard InChI is InChI=1S/C16H26N2O3/c1-4-16(2,12-17)15(20)18(9-10-19)11-13-7-5-6-8-14(13)21-3/h5-8,19H,4,9-12,17H2,1-3H3. The molecule has 0 heterocycles. The number of hydrogen-bond acceptors (Lipinski definition) is 4. The summed E-state index contributed by atoms with van der Waals surface area (Å²) in [6.07, 6.45) is 0.663. The predicted octanol–water partition coefficient (Wildman–Crippen LogP) is 1.39. The van der Waals surface area contributed by atoms with Crippen LogP contribution >= 0.6 is 0 Å². The molecule has 0 radical (unpaired) electrons. The van der Waals surface area contributed by atoms with Gasteiger partial charge in [0, 0.05) is 25.2 Å². The van der Waals surface area contributed by atoms with E-state index in [4.69, 9.17) is 10.5 Å². The molecule has 1 rings (SSSR count). The average Bonchev–Trinajstić information content (AvgIpc) is 2.53. The summed E-state index contributed by atoms with van der Waals surface area (Å²) in [7, 11) is 1.60. The first kappa shape index (κ1) is 17.5. The lowest BCUT2D eigenvalue weighted by Gasteiger charge is -2.33. The summed E-state index contributed by atoms with van der Waals surface area (Å²) in [6.45, 7) is 4.71. The van der Waals surface area contributed by atoms with Crippen molar-refractivity contribution in [2.24, 2.45) is 11.1 Å². The predicted molar refractivity (Wildman–Crippen MR) is 82.9 cm³/mol. The third-order valence-corrected chi connectivity index (χ3v) is 3.96. The van der Waals surface area contributed by atoms with E-state index in [2.05, 4.69) is 0 Å². The molecule has 0 fully saturated rings. The number of aliphatic hydroxyl groups excluding tert-OH is 1. The van der Waals surface area contributed by atoms with Crippen LogP contribution in [0.1, 0.15) is 25.8 Å². The van der Waals surface area contributed by atoms with Gasteiger partial charge < -0.3 is 20.5 Å². The van der Waals surface area contributed by atoms with E-state index in [9.17, 15) is 9.90 Å². The normalized spacial score (nSPS) is 13.6. The van der Waals surface area contributed by atoms with Crippen molar-refractivity contribution in [2.75, 3.05) is 26.8 Å². The van der Waals surface area contributed by atoms with Gasteiger partial charge in [0.2, 0.25) is 5.91 Å². The lowest BCUT2D eigenvalue weighted by Crippen LogP contribution is -2.46. The van der Waals surface area contributed by atoms with Crippen molar-refractivity contribution in [2.45, 2.75) is 26.8 Å². The minimum Gasteiger partial charge on any atom is -0.496 e. The second-order valence-electron chi connectivity index (χ2n) is 5.38. The Bertz CT molecular complexity index is 459. The molecule has 1 aromatic carbocycles. The van der Waals surface area contributed by atoms with Crippen LogP contribution in [0.15, 0.2) is 24.3 Å². The van der Waals surface area contributed by atoms with Crippen LogP contribution in [-0.4, -0.2) is 42.7 Å². The zero-order valence-corrected chi connectivity index (χ0v) is 13.1. The van der Waals surface area contributed by atoms with Crippen LogP contribution in [-0.2, 0) is 11.3 Å². The van der Waals surface area contributed by atoms with Gasteiger partial charge in [-0.15, -0.1) is 0 Å². The number of carbonyl (C=O) groups excluding carboxylic acids is 1. The maximum Gasteiger partial charge on any atom is 0.230 e. The lowest BCUT2D eigenvalue weighted by molar-refractivity contribution is -0.142. The van der Waals surface area contributed by atoms with E-state index < -0.39 is 5.41 Å². The van der Waals surface area contributed by atoms with Crippen molar-refractivity contribution in [1.29, 1.82) is 0 Å². The Morgan fingerprint density at radius 3 is 2.62 bits per heavy atom. The van der Waals surface area contributed by atoms with Crippen LogP contribution in [0.4, 0.5) is 0 Å². The SMILES string of the molecule is CCC(C)(CN)C(=O)N(CCO)Cc1ccccc1OC. The Kier molecular flexibility index (Phi) is 6.65. The first-order valence-electron chi connectivity index (χ1n) is 7.24. The fourth-order valence-electron chi connectivity index (χ4n) is 2.18. The van der Waals surface area contributed by atoms with Crippen LogP contribution in [0, 0.1) is 5.41 Å². The molecule has 0 aliphatic heterocycles. The highest BCUT2D eigenvalue weighted by atomic mass is 16.5. The largest absolute Gasteiger partial charge is 0.496 e. The number of nitrogens with two attached hydrogens (primary N) is 1. The van der Waals surface area contributed by atoms with Crippen LogP contribution < -0.4 is 10.5 Å². The van der Waals surface area contributed by atoms with Crippen molar-refractivity contribution in [3.8, 4) is 5.75 Å². The molecule has 5 nitrogen and oxygen atoms in total. The summed E-state index contributed by atoms with van der Waals surface area (Å²) in [5.74, 6) is 0.701. The molecular weight excluding hydrogens is 268 g/mol. The second kappa shape index (κ2) is 8.00. The summed E-state index contributed by atoms with van der Waals surface area (Å²) in [5.41, 5.74) is 6.08. The minimum atomic E-state index is -0.600. The molecular formula is C16H26N2O3. The summed E-state index contributed by atoms with van der Waals surface area (Å²) in [5, 5.41) is 9.24. The third kappa shape index (κ3) is 4.19. The molecule has 5 heteroatoms. The summed E-state index contributed by atoms with van der Waals surface area (Å²) < 4.78 is 5.32. The number of para-hydroxylation sites is 1. The molecule has 0 saturated heterocycles. The second-order valence-corrected chi connectivity index (χ2v) is 5.38. The van der Waals surface area contributed by atoms with E-state index in [0.29, 0.717) is 13.0 Å². The monoisotopic (exact) mass is 294 g/mol. The molecule has 0 spiro atoms. The highest BCUT2D eigenvalue weighted by Crippen LogP contribution is 2.25. The van der Waals surface area contributed by atoms with Gasteiger partial charge in [-0.25, -0.2) is 0 Å². The Hall–Kier alpha value is -1.59. The Morgan fingerprint density at radius 2 is 2.10 bits per heavy atom. The molecule has 1 amide bonds. The molecule has 1 atom stereocenters. The average molecular weight is 294 g/mol. The summed E-state index contributed by atoms with van der Waals surface area (Å²) in [4.78, 5) is 14.4. The molecule has 0 saturated carbocycles. The Morgan fingerprint density at radius 1 is 1.43 bits per heavy atom. The van der Waals surface area contributed by atoms with Gasteiger partial charge in [-0.1, -0.05) is 25.1 Å². The van der Waals surface area contributed by atoms with Crippen molar-refractivity contribution < 1.29 is 14.6 Å². The van der Waals surface area contributed by atoms with Gasteiger partial charge in [0.1, 0.15) is 5.75 Å². The highest BCUT2D eigenvalue weighted by Gasteiger charge is 2.33. The number of aliphatic hydroxyl groups is 1. The van der Waals surface area contributed by atoms with Gasteiger partial charge in [-0.05, 0) is 19.4 Å². The first-order chi connectivity index (χ1) is 10.0. The van der Waals surface area contributed by atoms with Gasteiger partial charge >= 0.3 is 0 Å². The van der Waals surface area contributed by atoms with E-state index in [1.807, 2.05) is 38.1 Å². The molecule has 21 heavy (non-hydrogen) atoms. The summed E-state index contributed by atoms with van der Waals surface area (Å²) in [6, 6.07) is 7.57. The molecule has 0 aromatic heterocycles. The van der Waals surface area contributed by atoms with E-state index >= 15 is 0 Å². The molecule has 0 bridgehead atoms. The van der Waals surface area contributed by atoms with Crippen LogP contribution in [0.5, 0.6) is 5.75 Å². The maximum atomic E-state index is 12.7. The van der Waals surface area contributed by atoms with Gasteiger partial charge in [-0.2, -0.15) is 0 Å². The van der Waals surface area contributed by atoms with Crippen LogP contribution in [0.2, 0.25) is 0 Å². The first-order valence-corrected chi connectivity index (χ1v) is 7.24. The van der Waals surface area contributed by atoms with Gasteiger partial charge in [-0.3, -0.25) is 4.79 Å². The fourth-order valence-corrected chi connectivity index (χ4v) is 2.18. The van der Waals surface area contributed by atoms with Crippen molar-refractivity contribution in [1.82, 2.24) is 4.90 Å². The van der Waals surface area contributed by atoms with Crippen LogP contribution in [0.25, 0.3) is 0 Å². The smallest absolute Gasteiger partial charge is 0.230 e. The number of hydrogen-bond donors (Lipinski definition) is 2. The molecule has 1 aromatic rings. The van der Waals surface area contributed by atoms with Crippen molar-refractivity contribution in [3.05, 3.63) is 29.8 Å². The van der Waals surface area contributed by atoms with Crippen molar-refractivity contribution >= 4 is 5.91 Å². The number of carbonyl (C=O) groups is 1. The molecule has 0 aliphatic rings. The van der Waals surface area contributed by atoms with Gasteiger partial charge in [0.05, 0.1) is 19.1 Å². The zero-order chi connectivity index (χ0) is 15.9. The van der Waals surface area contributed by atoms with E-state index in [1.54, 1.807) is 12.0 Å². The number of methoxy groups -OCH3 is 1. The lowest BCUT2D eigenvalue weighted by atomic mass is 9.86. The van der Waals surface area contributed by atoms with Gasteiger partial charge in [0.25, 0.3) is 0 Å². The number of ether oxygens (including phenoxy) is 1. The minimum absolute atomic E-state index is 0.0348. The fraction of sp³-hybridized carbons (Fsp3) is 0.562. The van der Waals surface area contributed by atoms with Crippen LogP contribution in [0.3, 0.4) is 0 Å². The zero-order valence-electron chi connectivity index (χ0n) is 13.1. The van der Waals surface area contributed by atoms with Crippen molar-refractivity contribution in [3.63, 3.8) is 0 Å². The number of nitrogens with zero attached hydrogens (tertiary/aromatic N) is 1. The Labute approximate surface area is 126 Å². The molecule has 1 unspecified atom stereocenters. The third-order valence-electron chi connectivity index (χ3n) is 3.96. The number of benzene rings is 1. The highest BCUT2D eigenvalue weighted by molar-refractivity contribution is 5.82. The van der Waals surface area contributed by atoms with Gasteiger partial charge in [0.15, 0.2) is 0 Å². The topological polar surface area (TPSA) is 75.8 Å². The number of amides is 1. The maximum absolute atomic E-state index is 12.7.